The van der Waals surface area contributed by atoms with E-state index in [1.54, 1.807) is 18.2 Å². The summed E-state index contributed by atoms with van der Waals surface area (Å²) in [5.41, 5.74) is 1.60. The third-order valence-corrected chi connectivity index (χ3v) is 9.47. The molecule has 2 aromatic rings. The largest absolute Gasteiger partial charge is 0.380 e. The van der Waals surface area contributed by atoms with E-state index in [1.807, 2.05) is 15.8 Å². The lowest BCUT2D eigenvalue weighted by atomic mass is 9.69. The summed E-state index contributed by atoms with van der Waals surface area (Å²) < 4.78 is 1.87. The van der Waals surface area contributed by atoms with E-state index in [9.17, 15) is 24.0 Å². The molecule has 2 aliphatic carbocycles. The predicted octanol–water partition coefficient (Wildman–Crippen LogP) is 3.55. The van der Waals surface area contributed by atoms with Gasteiger partial charge in [-0.2, -0.15) is 5.10 Å². The van der Waals surface area contributed by atoms with Crippen molar-refractivity contribution < 1.29 is 24.0 Å². The van der Waals surface area contributed by atoms with Crippen LogP contribution in [0.25, 0.3) is 0 Å². The number of piperidine rings is 2. The molecule has 4 aliphatic rings. The highest BCUT2D eigenvalue weighted by atomic mass is 35.5. The third kappa shape index (κ3) is 4.52. The number of nitrogens with one attached hydrogen (secondary N) is 2. The van der Waals surface area contributed by atoms with Crippen LogP contribution in [0.1, 0.15) is 84.2 Å². The summed E-state index contributed by atoms with van der Waals surface area (Å²) in [6, 6.07) is 5.16. The number of anilines is 1. The van der Waals surface area contributed by atoms with Crippen molar-refractivity contribution in [2.75, 3.05) is 18.4 Å². The predicted molar refractivity (Wildman–Crippen MR) is 146 cm³/mol. The quantitative estimate of drug-likeness (QED) is 0.404. The van der Waals surface area contributed by atoms with Crippen LogP contribution in [0, 0.1) is 17.3 Å². The smallest absolute Gasteiger partial charge is 0.230 e. The number of halogens is 1. The van der Waals surface area contributed by atoms with Crippen LogP contribution in [0.15, 0.2) is 24.4 Å². The highest BCUT2D eigenvalue weighted by Gasteiger charge is 2.48. The molecule has 1 saturated carbocycles. The topological polar surface area (TPSA) is 130 Å². The Morgan fingerprint density at radius 2 is 1.88 bits per heavy atom. The average Bonchev–Trinajstić information content (AvgIpc) is 3.42. The fraction of sp³-hybridized carbons (Fsp3) is 0.517. The van der Waals surface area contributed by atoms with Crippen molar-refractivity contribution in [2.45, 2.75) is 64.5 Å². The Hall–Kier alpha value is -3.53. The van der Waals surface area contributed by atoms with Gasteiger partial charge in [-0.3, -0.25) is 34.0 Å². The van der Waals surface area contributed by atoms with Gasteiger partial charge in [-0.1, -0.05) is 37.1 Å². The minimum atomic E-state index is -1.12. The lowest BCUT2D eigenvalue weighted by Crippen LogP contribution is -2.49. The van der Waals surface area contributed by atoms with E-state index < -0.39 is 29.4 Å². The molecule has 0 bridgehead atoms. The van der Waals surface area contributed by atoms with Gasteiger partial charge in [-0.25, -0.2) is 0 Å². The van der Waals surface area contributed by atoms with Gasteiger partial charge in [0, 0.05) is 54.5 Å². The zero-order valence-electron chi connectivity index (χ0n) is 22.4. The van der Waals surface area contributed by atoms with Crippen LogP contribution in [0.4, 0.5) is 5.69 Å². The number of hydrogen-bond donors (Lipinski definition) is 2. The Bertz CT molecular complexity index is 1420. The van der Waals surface area contributed by atoms with E-state index in [0.29, 0.717) is 23.9 Å². The molecule has 210 valence electrons. The zero-order chi connectivity index (χ0) is 28.2. The number of carbonyl (C=O) groups is 5. The summed E-state index contributed by atoms with van der Waals surface area (Å²) in [4.78, 5) is 65.4. The lowest BCUT2D eigenvalue weighted by Gasteiger charge is -2.43. The maximum Gasteiger partial charge on any atom is 0.230 e. The van der Waals surface area contributed by atoms with E-state index in [2.05, 4.69) is 22.7 Å². The summed E-state index contributed by atoms with van der Waals surface area (Å²) in [6.45, 7) is 3.75. The first-order valence-corrected chi connectivity index (χ1v) is 14.4. The van der Waals surface area contributed by atoms with Gasteiger partial charge in [0.1, 0.15) is 0 Å². The van der Waals surface area contributed by atoms with Crippen LogP contribution in [-0.2, 0) is 20.9 Å². The third-order valence-electron chi connectivity index (χ3n) is 9.15. The highest BCUT2D eigenvalue weighted by Crippen LogP contribution is 2.43. The molecular formula is C29H32ClN5O5. The van der Waals surface area contributed by atoms with Gasteiger partial charge in [0.15, 0.2) is 16.7 Å². The van der Waals surface area contributed by atoms with E-state index >= 15 is 0 Å². The van der Waals surface area contributed by atoms with Crippen molar-refractivity contribution in [3.63, 3.8) is 0 Å². The molecule has 2 saturated heterocycles. The Kier molecular flexibility index (Phi) is 6.76. The van der Waals surface area contributed by atoms with E-state index in [-0.39, 0.29) is 53.7 Å². The number of amides is 3. The van der Waals surface area contributed by atoms with Crippen LogP contribution in [0.3, 0.4) is 0 Å². The molecule has 10 nitrogen and oxygen atoms in total. The van der Waals surface area contributed by atoms with Gasteiger partial charge >= 0.3 is 0 Å². The number of aromatic nitrogens is 2. The molecule has 2 aliphatic heterocycles. The molecule has 2 N–H and O–H groups in total. The number of benzene rings is 1. The number of fused-ring (bicyclic) bond motifs is 1. The van der Waals surface area contributed by atoms with Crippen LogP contribution < -0.4 is 10.6 Å². The second-order valence-electron chi connectivity index (χ2n) is 11.7. The van der Waals surface area contributed by atoms with Crippen LogP contribution in [-0.4, -0.2) is 57.1 Å². The number of ketones is 2. The number of Topliss-reactive ketones (excluding diaryl/α,β-unsaturated/α-hetero) is 2. The molecule has 1 aromatic heterocycles. The average molecular weight is 566 g/mol. The van der Waals surface area contributed by atoms with Crippen molar-refractivity contribution in [1.29, 1.82) is 0 Å². The summed E-state index contributed by atoms with van der Waals surface area (Å²) >= 11 is 6.49. The Labute approximate surface area is 236 Å². The Morgan fingerprint density at radius 1 is 1.12 bits per heavy atom. The molecule has 3 fully saturated rings. The number of hydrogen-bond acceptors (Lipinski definition) is 7. The highest BCUT2D eigenvalue weighted by molar-refractivity contribution is 6.30. The van der Waals surface area contributed by atoms with Crippen LogP contribution >= 0.6 is 11.6 Å². The summed E-state index contributed by atoms with van der Waals surface area (Å²) in [5.74, 6) is -3.47. The summed E-state index contributed by atoms with van der Waals surface area (Å²) in [5, 5.41) is 10.4. The first-order valence-electron chi connectivity index (χ1n) is 14.0. The fourth-order valence-electron chi connectivity index (χ4n) is 6.55. The molecule has 11 heteroatoms. The first kappa shape index (κ1) is 26.7. The number of imide groups is 1. The molecule has 0 spiro atoms. The van der Waals surface area contributed by atoms with Crippen LogP contribution in [0.2, 0.25) is 5.15 Å². The molecule has 40 heavy (non-hydrogen) atoms. The number of rotatable bonds is 6. The summed E-state index contributed by atoms with van der Waals surface area (Å²) in [6.07, 6.45) is 6.84. The van der Waals surface area contributed by atoms with Crippen molar-refractivity contribution >= 4 is 46.6 Å². The van der Waals surface area contributed by atoms with Crippen LogP contribution in [0.5, 0.6) is 0 Å². The molecule has 2 unspecified atom stereocenters. The van der Waals surface area contributed by atoms with Crippen molar-refractivity contribution in [3.05, 3.63) is 46.2 Å². The number of nitrogens with zero attached hydrogens (tertiary/aromatic N) is 3. The maximum absolute atomic E-state index is 13.4. The molecule has 0 radical (unpaired) electrons. The molecule has 3 amide bonds. The van der Waals surface area contributed by atoms with Gasteiger partial charge in [0.2, 0.25) is 17.7 Å². The molecule has 3 heterocycles. The molecular weight excluding hydrogens is 534 g/mol. The van der Waals surface area contributed by atoms with E-state index in [0.717, 1.165) is 37.7 Å². The second-order valence-corrected chi connectivity index (χ2v) is 12.1. The Balaban J connectivity index is 1.12. The van der Waals surface area contributed by atoms with Gasteiger partial charge in [0.25, 0.3) is 0 Å². The summed E-state index contributed by atoms with van der Waals surface area (Å²) in [7, 11) is 0. The standard InChI is InChI=1S/C29H32ClN5O5/c1-29(10-3-11-29)28(40)34-12-8-17(9-13-34)35-15-16(26(30)33-35)14-31-20-5-2-4-18-22(20)25(38)23(24(18)37)19-6-7-21(36)32-27(19)39/h2,4-5,15,17,19,23,31H,3,6-14H2,1H3,(H,32,36,39). The monoisotopic (exact) mass is 565 g/mol. The van der Waals surface area contributed by atoms with Crippen molar-refractivity contribution in [3.8, 4) is 0 Å². The number of likely N-dealkylation sites (tertiary alicyclic amines) is 1. The zero-order valence-corrected chi connectivity index (χ0v) is 23.1. The normalized spacial score (nSPS) is 24.5. The molecule has 6 rings (SSSR count). The van der Waals surface area contributed by atoms with Gasteiger partial charge < -0.3 is 10.2 Å². The van der Waals surface area contributed by atoms with Crippen molar-refractivity contribution in [2.24, 2.45) is 17.3 Å². The van der Waals surface area contributed by atoms with E-state index in [4.69, 9.17) is 11.6 Å². The van der Waals surface area contributed by atoms with Gasteiger partial charge in [0.05, 0.1) is 23.4 Å². The van der Waals surface area contributed by atoms with Crippen molar-refractivity contribution in [1.82, 2.24) is 20.0 Å². The number of carbonyl (C=O) groups excluding carboxylic acids is 5. The lowest BCUT2D eigenvalue weighted by molar-refractivity contribution is -0.147. The molecule has 2 atom stereocenters. The minimum Gasteiger partial charge on any atom is -0.380 e. The SMILES string of the molecule is CC1(C(=O)N2CCC(n3cc(CNc4cccc5c4C(=O)C(C4CCC(=O)NC4=O)C5=O)c(Cl)n3)CC2)CCC1. The van der Waals surface area contributed by atoms with Gasteiger partial charge in [-0.05, 0) is 38.2 Å². The van der Waals surface area contributed by atoms with E-state index in [1.165, 1.54) is 0 Å². The second kappa shape index (κ2) is 10.1. The minimum absolute atomic E-state index is 0.103. The maximum atomic E-state index is 13.4. The Morgan fingerprint density at radius 3 is 2.55 bits per heavy atom. The molecule has 1 aromatic carbocycles. The first-order chi connectivity index (χ1) is 19.2. The van der Waals surface area contributed by atoms with Gasteiger partial charge in [-0.15, -0.1) is 0 Å². The fourth-order valence-corrected chi connectivity index (χ4v) is 6.75.